The fraction of sp³-hybridized carbons (Fsp3) is 0.300. The molecule has 0 aromatic heterocycles. The van der Waals surface area contributed by atoms with Gasteiger partial charge in [0.05, 0.1) is 13.0 Å². The Kier molecular flexibility index (Phi) is 3.96. The summed E-state index contributed by atoms with van der Waals surface area (Å²) in [5.41, 5.74) is 1.54. The van der Waals surface area contributed by atoms with E-state index in [0.29, 0.717) is 11.3 Å². The van der Waals surface area contributed by atoms with E-state index in [9.17, 15) is 4.79 Å². The van der Waals surface area contributed by atoms with Crippen LogP contribution < -0.4 is 4.74 Å². The zero-order chi connectivity index (χ0) is 10.7. The molecule has 0 spiro atoms. The van der Waals surface area contributed by atoms with E-state index in [2.05, 4.69) is 15.9 Å². The number of Topliss-reactive ketones (excluding diaryl/α,β-unsaturated/α-hetero) is 1. The van der Waals surface area contributed by atoms with Crippen molar-refractivity contribution in [3.63, 3.8) is 0 Å². The SMILES string of the molecule is COc1cc(C(=O)CCl)c(Br)cc1C. The second kappa shape index (κ2) is 4.80. The molecule has 14 heavy (non-hydrogen) atoms. The first-order chi connectivity index (χ1) is 6.60. The maximum atomic E-state index is 11.4. The molecular formula is C10H10BrClO2. The number of hydrogen-bond donors (Lipinski definition) is 0. The lowest BCUT2D eigenvalue weighted by Crippen LogP contribution is -2.02. The number of aryl methyl sites for hydroxylation is 1. The van der Waals surface area contributed by atoms with Crippen molar-refractivity contribution in [2.24, 2.45) is 0 Å². The molecule has 0 amide bonds. The number of carbonyl (C=O) groups is 1. The third kappa shape index (κ3) is 2.28. The third-order valence-electron chi connectivity index (χ3n) is 1.91. The summed E-state index contributed by atoms with van der Waals surface area (Å²) in [5, 5.41) is 0. The van der Waals surface area contributed by atoms with E-state index < -0.39 is 0 Å². The topological polar surface area (TPSA) is 26.3 Å². The smallest absolute Gasteiger partial charge is 0.178 e. The molecule has 1 rings (SSSR count). The van der Waals surface area contributed by atoms with Gasteiger partial charge in [0, 0.05) is 10.0 Å². The van der Waals surface area contributed by atoms with Crippen molar-refractivity contribution in [3.8, 4) is 5.75 Å². The van der Waals surface area contributed by atoms with E-state index in [0.717, 1.165) is 10.0 Å². The van der Waals surface area contributed by atoms with Crippen molar-refractivity contribution in [3.05, 3.63) is 27.7 Å². The molecule has 0 saturated heterocycles. The second-order valence-corrected chi connectivity index (χ2v) is 3.98. The molecule has 0 fully saturated rings. The van der Waals surface area contributed by atoms with Crippen molar-refractivity contribution in [2.45, 2.75) is 6.92 Å². The van der Waals surface area contributed by atoms with Crippen LogP contribution in [-0.4, -0.2) is 18.8 Å². The molecule has 0 heterocycles. The van der Waals surface area contributed by atoms with Crippen molar-refractivity contribution in [1.82, 2.24) is 0 Å². The van der Waals surface area contributed by atoms with Crippen LogP contribution in [0, 0.1) is 6.92 Å². The van der Waals surface area contributed by atoms with Crippen LogP contribution in [0.15, 0.2) is 16.6 Å². The van der Waals surface area contributed by atoms with Crippen molar-refractivity contribution in [1.29, 1.82) is 0 Å². The molecule has 0 aliphatic rings. The lowest BCUT2D eigenvalue weighted by Gasteiger charge is -2.08. The maximum absolute atomic E-state index is 11.4. The summed E-state index contributed by atoms with van der Waals surface area (Å²) >= 11 is 8.80. The van der Waals surface area contributed by atoms with E-state index in [1.54, 1.807) is 13.2 Å². The first-order valence-corrected chi connectivity index (χ1v) is 5.36. The Hall–Kier alpha value is -0.540. The Labute approximate surface area is 96.3 Å². The first-order valence-electron chi connectivity index (χ1n) is 4.03. The van der Waals surface area contributed by atoms with E-state index in [1.165, 1.54) is 0 Å². The molecule has 1 aromatic carbocycles. The molecular weight excluding hydrogens is 267 g/mol. The van der Waals surface area contributed by atoms with Crippen LogP contribution in [0.2, 0.25) is 0 Å². The van der Waals surface area contributed by atoms with Gasteiger partial charge in [-0.25, -0.2) is 0 Å². The zero-order valence-corrected chi connectivity index (χ0v) is 10.3. The average Bonchev–Trinajstić information content (AvgIpc) is 2.17. The van der Waals surface area contributed by atoms with Gasteiger partial charge in [-0.2, -0.15) is 0 Å². The maximum Gasteiger partial charge on any atom is 0.178 e. The van der Waals surface area contributed by atoms with Crippen LogP contribution >= 0.6 is 27.5 Å². The Bertz CT molecular complexity index is 363. The third-order valence-corrected chi connectivity index (χ3v) is 2.81. The zero-order valence-electron chi connectivity index (χ0n) is 7.93. The van der Waals surface area contributed by atoms with Gasteiger partial charge in [0.2, 0.25) is 0 Å². The van der Waals surface area contributed by atoms with Gasteiger partial charge >= 0.3 is 0 Å². The van der Waals surface area contributed by atoms with Gasteiger partial charge in [-0.1, -0.05) is 15.9 Å². The molecule has 0 unspecified atom stereocenters. The highest BCUT2D eigenvalue weighted by Gasteiger charge is 2.11. The summed E-state index contributed by atoms with van der Waals surface area (Å²) in [5.74, 6) is 0.559. The van der Waals surface area contributed by atoms with E-state index in [-0.39, 0.29) is 11.7 Å². The van der Waals surface area contributed by atoms with Crippen LogP contribution in [0.3, 0.4) is 0 Å². The van der Waals surface area contributed by atoms with Gasteiger partial charge < -0.3 is 4.74 Å². The lowest BCUT2D eigenvalue weighted by molar-refractivity contribution is 0.102. The summed E-state index contributed by atoms with van der Waals surface area (Å²) < 4.78 is 5.87. The Morgan fingerprint density at radius 1 is 1.57 bits per heavy atom. The molecule has 1 aromatic rings. The number of benzene rings is 1. The molecule has 2 nitrogen and oxygen atoms in total. The van der Waals surface area contributed by atoms with Gasteiger partial charge in [0.15, 0.2) is 5.78 Å². The minimum absolute atomic E-state index is 0.0230. The largest absolute Gasteiger partial charge is 0.496 e. The number of alkyl halides is 1. The first kappa shape index (κ1) is 11.5. The number of hydrogen-bond acceptors (Lipinski definition) is 2. The molecule has 4 heteroatoms. The van der Waals surface area contributed by atoms with Crippen LogP contribution in [0.1, 0.15) is 15.9 Å². The van der Waals surface area contributed by atoms with Gasteiger partial charge in [0.25, 0.3) is 0 Å². The van der Waals surface area contributed by atoms with Crippen molar-refractivity contribution >= 4 is 33.3 Å². The molecule has 0 aliphatic carbocycles. The minimum atomic E-state index is -0.114. The number of methoxy groups -OCH3 is 1. The Morgan fingerprint density at radius 2 is 2.21 bits per heavy atom. The van der Waals surface area contributed by atoms with Crippen LogP contribution in [0.5, 0.6) is 5.75 Å². The molecule has 76 valence electrons. The Morgan fingerprint density at radius 3 is 2.71 bits per heavy atom. The molecule has 0 N–H and O–H groups in total. The highest BCUT2D eigenvalue weighted by molar-refractivity contribution is 9.10. The molecule has 0 atom stereocenters. The summed E-state index contributed by atoms with van der Waals surface area (Å²) in [7, 11) is 1.57. The van der Waals surface area contributed by atoms with E-state index >= 15 is 0 Å². The number of ketones is 1. The standard InChI is InChI=1S/C10H10BrClO2/c1-6-3-8(11)7(9(13)5-12)4-10(6)14-2/h3-4H,5H2,1-2H3. The molecule has 0 radical (unpaired) electrons. The summed E-state index contributed by atoms with van der Waals surface area (Å²) in [6.45, 7) is 1.92. The fourth-order valence-electron chi connectivity index (χ4n) is 1.16. The monoisotopic (exact) mass is 276 g/mol. The van der Waals surface area contributed by atoms with E-state index in [4.69, 9.17) is 16.3 Å². The second-order valence-electron chi connectivity index (χ2n) is 2.86. The fourth-order valence-corrected chi connectivity index (χ4v) is 1.98. The summed E-state index contributed by atoms with van der Waals surface area (Å²) in [4.78, 5) is 11.4. The van der Waals surface area contributed by atoms with Gasteiger partial charge in [-0.15, -0.1) is 11.6 Å². The quantitative estimate of drug-likeness (QED) is 0.626. The van der Waals surface area contributed by atoms with Crippen LogP contribution in [0.4, 0.5) is 0 Å². The highest BCUT2D eigenvalue weighted by atomic mass is 79.9. The number of ether oxygens (including phenoxy) is 1. The minimum Gasteiger partial charge on any atom is -0.496 e. The van der Waals surface area contributed by atoms with Gasteiger partial charge in [-0.3, -0.25) is 4.79 Å². The van der Waals surface area contributed by atoms with Crippen LogP contribution in [-0.2, 0) is 0 Å². The lowest BCUT2D eigenvalue weighted by atomic mass is 10.1. The predicted octanol–water partition coefficient (Wildman–Crippen LogP) is 3.19. The number of rotatable bonds is 3. The molecule has 0 bridgehead atoms. The number of halogens is 2. The summed E-state index contributed by atoms with van der Waals surface area (Å²) in [6, 6.07) is 3.54. The predicted molar refractivity (Wildman–Crippen MR) is 60.5 cm³/mol. The van der Waals surface area contributed by atoms with Gasteiger partial charge in [-0.05, 0) is 24.6 Å². The van der Waals surface area contributed by atoms with E-state index in [1.807, 2.05) is 13.0 Å². The van der Waals surface area contributed by atoms with Crippen LogP contribution in [0.25, 0.3) is 0 Å². The van der Waals surface area contributed by atoms with Crippen molar-refractivity contribution in [2.75, 3.05) is 13.0 Å². The van der Waals surface area contributed by atoms with Crippen molar-refractivity contribution < 1.29 is 9.53 Å². The normalized spacial score (nSPS) is 10.0. The highest BCUT2D eigenvalue weighted by Crippen LogP contribution is 2.27. The number of carbonyl (C=O) groups excluding carboxylic acids is 1. The van der Waals surface area contributed by atoms with Gasteiger partial charge in [0.1, 0.15) is 5.75 Å². The average molecular weight is 278 g/mol. The molecule has 0 aliphatic heterocycles. The summed E-state index contributed by atoms with van der Waals surface area (Å²) in [6.07, 6.45) is 0. The Balaban J connectivity index is 3.24. The molecule has 0 saturated carbocycles.